The molecule has 0 aliphatic carbocycles. The monoisotopic (exact) mass is 318 g/mol. The highest BCUT2D eigenvalue weighted by molar-refractivity contribution is 7.92. The number of anilines is 1. The molecule has 0 atom stereocenters. The molecule has 0 aliphatic heterocycles. The quantitative estimate of drug-likeness (QED) is 0.551. The second kappa shape index (κ2) is 7.41. The van der Waals surface area contributed by atoms with Crippen LogP contribution in [0.1, 0.15) is 12.5 Å². The molecule has 1 aromatic carbocycles. The van der Waals surface area contributed by atoms with Crippen LogP contribution in [0.15, 0.2) is 18.2 Å². The number of hydrogen-bond donors (Lipinski definition) is 2. The van der Waals surface area contributed by atoms with Crippen LogP contribution in [-0.2, 0) is 14.8 Å². The van der Waals surface area contributed by atoms with E-state index in [1.54, 1.807) is 25.1 Å². The predicted octanol–water partition coefficient (Wildman–Crippen LogP) is 1.11. The summed E-state index contributed by atoms with van der Waals surface area (Å²) in [4.78, 5) is 0.0893. The second-order valence-electron chi connectivity index (χ2n) is 3.86. The Kier molecular flexibility index (Phi) is 6.18. The molecule has 1 aromatic rings. The molecule has 0 fully saturated rings. The lowest BCUT2D eigenvalue weighted by atomic mass is 10.1. The molecule has 6 nitrogen and oxygen atoms in total. The normalized spacial score (nSPS) is 11.1. The van der Waals surface area contributed by atoms with Crippen molar-refractivity contribution in [2.24, 2.45) is 5.73 Å². The van der Waals surface area contributed by atoms with Gasteiger partial charge < -0.3 is 15.2 Å². The maximum atomic E-state index is 12.0. The second-order valence-corrected chi connectivity index (χ2v) is 6.15. The fourth-order valence-corrected chi connectivity index (χ4v) is 2.66. The lowest BCUT2D eigenvalue weighted by molar-refractivity contribution is 0.163. The van der Waals surface area contributed by atoms with Gasteiger partial charge in [0.25, 0.3) is 0 Å². The fourth-order valence-electron chi connectivity index (χ4n) is 1.53. The van der Waals surface area contributed by atoms with Crippen molar-refractivity contribution in [1.82, 2.24) is 0 Å². The number of methoxy groups -OCH3 is 1. The number of benzene rings is 1. The van der Waals surface area contributed by atoms with Crippen LogP contribution in [0, 0.1) is 0 Å². The van der Waals surface area contributed by atoms with E-state index < -0.39 is 10.0 Å². The summed E-state index contributed by atoms with van der Waals surface area (Å²) in [6.07, 6.45) is 0. The van der Waals surface area contributed by atoms with Gasteiger partial charge in [-0.3, -0.25) is 4.72 Å². The molecule has 0 saturated carbocycles. The Bertz CT molecular complexity index is 573. The number of ether oxygens (including phenoxy) is 2. The van der Waals surface area contributed by atoms with Crippen molar-refractivity contribution in [2.45, 2.75) is 6.92 Å². The number of para-hydroxylation sites is 1. The van der Waals surface area contributed by atoms with E-state index in [2.05, 4.69) is 4.72 Å². The van der Waals surface area contributed by atoms with Gasteiger partial charge in [-0.25, -0.2) is 8.42 Å². The van der Waals surface area contributed by atoms with E-state index >= 15 is 0 Å². The van der Waals surface area contributed by atoms with E-state index in [9.17, 15) is 8.42 Å². The van der Waals surface area contributed by atoms with Crippen molar-refractivity contribution >= 4 is 32.9 Å². The van der Waals surface area contributed by atoms with Crippen molar-refractivity contribution < 1.29 is 17.9 Å². The minimum atomic E-state index is -3.57. The summed E-state index contributed by atoms with van der Waals surface area (Å²) < 4.78 is 36.6. The number of nitrogens with two attached hydrogens (primary N) is 1. The summed E-state index contributed by atoms with van der Waals surface area (Å²) in [6, 6.07) is 4.94. The molecule has 0 bridgehead atoms. The van der Waals surface area contributed by atoms with E-state index in [1.165, 1.54) is 7.11 Å². The molecule has 0 amide bonds. The summed E-state index contributed by atoms with van der Waals surface area (Å²) in [7, 11) is -2.12. The minimum Gasteiger partial charge on any atom is -0.495 e. The molecule has 0 aliphatic rings. The molecule has 20 heavy (non-hydrogen) atoms. The molecule has 0 radical (unpaired) electrons. The Hall–Kier alpha value is -1.38. The Balaban J connectivity index is 3.04. The zero-order valence-corrected chi connectivity index (χ0v) is 13.0. The minimum absolute atomic E-state index is 0.0893. The Labute approximate surface area is 124 Å². The van der Waals surface area contributed by atoms with Gasteiger partial charge in [-0.2, -0.15) is 0 Å². The van der Waals surface area contributed by atoms with E-state index in [1.807, 2.05) is 0 Å². The van der Waals surface area contributed by atoms with Crippen LogP contribution in [0.2, 0.25) is 0 Å². The first kappa shape index (κ1) is 16.7. The van der Waals surface area contributed by atoms with E-state index in [0.717, 1.165) is 0 Å². The summed E-state index contributed by atoms with van der Waals surface area (Å²) >= 11 is 4.92. The summed E-state index contributed by atoms with van der Waals surface area (Å²) in [5.74, 6) is 0.200. The summed E-state index contributed by atoms with van der Waals surface area (Å²) in [5, 5.41) is 0. The van der Waals surface area contributed by atoms with Gasteiger partial charge in [0.2, 0.25) is 10.0 Å². The van der Waals surface area contributed by atoms with Crippen LogP contribution < -0.4 is 15.2 Å². The molecular weight excluding hydrogens is 300 g/mol. The third-order valence-electron chi connectivity index (χ3n) is 2.47. The predicted molar refractivity (Wildman–Crippen MR) is 82.8 cm³/mol. The summed E-state index contributed by atoms with van der Waals surface area (Å²) in [6.45, 7) is 2.37. The highest BCUT2D eigenvalue weighted by atomic mass is 32.2. The standard InChI is InChI=1S/C12H18N2O4S2/c1-3-18-7-8-20(15,16)14-11-9(12(13)19)5-4-6-10(11)17-2/h4-6,14H,3,7-8H2,1-2H3,(H2,13,19). The van der Waals surface area contributed by atoms with E-state index in [4.69, 9.17) is 27.4 Å². The number of sulfonamides is 1. The molecule has 112 valence electrons. The van der Waals surface area contributed by atoms with Crippen molar-refractivity contribution in [2.75, 3.05) is 30.8 Å². The van der Waals surface area contributed by atoms with Crippen molar-refractivity contribution in [3.8, 4) is 5.75 Å². The maximum absolute atomic E-state index is 12.0. The van der Waals surface area contributed by atoms with Crippen LogP contribution in [0.4, 0.5) is 5.69 Å². The molecule has 0 spiro atoms. The highest BCUT2D eigenvalue weighted by Crippen LogP contribution is 2.29. The first-order valence-corrected chi connectivity index (χ1v) is 8.02. The average Bonchev–Trinajstić information content (AvgIpc) is 2.38. The maximum Gasteiger partial charge on any atom is 0.235 e. The van der Waals surface area contributed by atoms with Crippen molar-refractivity contribution in [3.05, 3.63) is 23.8 Å². The zero-order valence-electron chi connectivity index (χ0n) is 11.4. The van der Waals surface area contributed by atoms with Gasteiger partial charge in [0.15, 0.2) is 0 Å². The lowest BCUT2D eigenvalue weighted by Crippen LogP contribution is -2.23. The largest absolute Gasteiger partial charge is 0.495 e. The van der Waals surface area contributed by atoms with Gasteiger partial charge in [-0.1, -0.05) is 18.3 Å². The van der Waals surface area contributed by atoms with Crippen LogP contribution in [0.5, 0.6) is 5.75 Å². The average molecular weight is 318 g/mol. The van der Waals surface area contributed by atoms with Gasteiger partial charge in [-0.15, -0.1) is 0 Å². The van der Waals surface area contributed by atoms with Crippen LogP contribution in [0.3, 0.4) is 0 Å². The molecular formula is C12H18N2O4S2. The molecule has 3 N–H and O–H groups in total. The topological polar surface area (TPSA) is 90.7 Å². The Morgan fingerprint density at radius 2 is 2.15 bits per heavy atom. The van der Waals surface area contributed by atoms with Gasteiger partial charge in [0.05, 0.1) is 19.5 Å². The van der Waals surface area contributed by atoms with Gasteiger partial charge in [0, 0.05) is 12.2 Å². The SMILES string of the molecule is CCOCCS(=O)(=O)Nc1c(OC)cccc1C(N)=S. The van der Waals surface area contributed by atoms with E-state index in [-0.39, 0.29) is 23.0 Å². The first-order valence-electron chi connectivity index (χ1n) is 5.96. The molecule has 0 saturated heterocycles. The molecule has 0 aromatic heterocycles. The van der Waals surface area contributed by atoms with Crippen molar-refractivity contribution in [3.63, 3.8) is 0 Å². The fraction of sp³-hybridized carbons (Fsp3) is 0.417. The number of thiocarbonyl (C=S) groups is 1. The lowest BCUT2D eigenvalue weighted by Gasteiger charge is -2.15. The highest BCUT2D eigenvalue weighted by Gasteiger charge is 2.17. The Morgan fingerprint density at radius 1 is 1.45 bits per heavy atom. The molecule has 1 rings (SSSR count). The Morgan fingerprint density at radius 3 is 2.70 bits per heavy atom. The number of hydrogen-bond acceptors (Lipinski definition) is 5. The van der Waals surface area contributed by atoms with Gasteiger partial charge in [0.1, 0.15) is 16.4 Å². The molecule has 8 heteroatoms. The molecule has 0 heterocycles. The zero-order chi connectivity index (χ0) is 15.2. The van der Waals surface area contributed by atoms with Crippen molar-refractivity contribution in [1.29, 1.82) is 0 Å². The third kappa shape index (κ3) is 4.62. The third-order valence-corrected chi connectivity index (χ3v) is 3.91. The number of nitrogens with one attached hydrogen (secondary N) is 1. The van der Waals surface area contributed by atoms with Crippen LogP contribution >= 0.6 is 12.2 Å². The number of rotatable bonds is 8. The van der Waals surface area contributed by atoms with Crippen LogP contribution in [-0.4, -0.2) is 39.5 Å². The smallest absolute Gasteiger partial charge is 0.235 e. The van der Waals surface area contributed by atoms with Gasteiger partial charge in [-0.05, 0) is 19.1 Å². The summed E-state index contributed by atoms with van der Waals surface area (Å²) in [5.41, 5.74) is 6.26. The molecule has 0 unspecified atom stereocenters. The first-order chi connectivity index (χ1) is 9.41. The van der Waals surface area contributed by atoms with Crippen LogP contribution in [0.25, 0.3) is 0 Å². The van der Waals surface area contributed by atoms with E-state index in [0.29, 0.717) is 17.9 Å². The van der Waals surface area contributed by atoms with Gasteiger partial charge >= 0.3 is 0 Å².